The fraction of sp³-hybridized carbons (Fsp3) is 0.471. The molecule has 1 aromatic carbocycles. The van der Waals surface area contributed by atoms with Gasteiger partial charge in [-0.1, -0.05) is 55.1 Å². The van der Waals surface area contributed by atoms with Crippen LogP contribution >= 0.6 is 0 Å². The molecule has 21 heavy (non-hydrogen) atoms. The fourth-order valence-corrected chi connectivity index (χ4v) is 2.86. The van der Waals surface area contributed by atoms with Crippen molar-refractivity contribution in [1.82, 2.24) is 0 Å². The molecule has 0 saturated heterocycles. The second kappa shape index (κ2) is 8.14. The smallest absolute Gasteiger partial charge is 0.0991 e. The van der Waals surface area contributed by atoms with Gasteiger partial charge in [-0.05, 0) is 42.0 Å². The minimum absolute atomic E-state index is 0.0776. The highest BCUT2D eigenvalue weighted by Gasteiger charge is 2.15. The highest BCUT2D eigenvalue weighted by Crippen LogP contribution is 2.29. The topological polar surface area (TPSA) is 72.5 Å². The molecule has 1 atom stereocenters. The van der Waals surface area contributed by atoms with Crippen LogP contribution in [0.5, 0.6) is 0 Å². The van der Waals surface area contributed by atoms with Crippen LogP contribution in [0.15, 0.2) is 35.5 Å². The van der Waals surface area contributed by atoms with Crippen molar-refractivity contribution in [2.75, 3.05) is 0 Å². The number of azide groups is 1. The molecule has 0 N–H and O–H groups in total. The van der Waals surface area contributed by atoms with Crippen molar-refractivity contribution in [2.24, 2.45) is 11.0 Å². The second-order valence-electron chi connectivity index (χ2n) is 5.59. The normalized spacial score (nSPS) is 16.5. The van der Waals surface area contributed by atoms with Gasteiger partial charge in [-0.3, -0.25) is 0 Å². The maximum absolute atomic E-state index is 8.77. The molecular weight excluding hydrogens is 260 g/mol. The molecule has 1 saturated carbocycles. The first-order chi connectivity index (χ1) is 10.3. The van der Waals surface area contributed by atoms with Crippen LogP contribution in [0.3, 0.4) is 0 Å². The molecule has 0 radical (unpaired) electrons. The zero-order chi connectivity index (χ0) is 14.9. The summed E-state index contributed by atoms with van der Waals surface area (Å²) in [6, 6.07) is 9.41. The number of hydrogen-bond acceptors (Lipinski definition) is 2. The van der Waals surface area contributed by atoms with Crippen LogP contribution < -0.4 is 0 Å². The molecule has 4 nitrogen and oxygen atoms in total. The molecule has 1 unspecified atom stereocenters. The van der Waals surface area contributed by atoms with Gasteiger partial charge >= 0.3 is 0 Å². The van der Waals surface area contributed by atoms with Gasteiger partial charge in [-0.25, -0.2) is 0 Å². The molecule has 0 bridgehead atoms. The molecule has 0 aliphatic heterocycles. The Balaban J connectivity index is 1.92. The van der Waals surface area contributed by atoms with Crippen LogP contribution in [0.2, 0.25) is 0 Å². The van der Waals surface area contributed by atoms with Gasteiger partial charge in [0.1, 0.15) is 0 Å². The van der Waals surface area contributed by atoms with Gasteiger partial charge < -0.3 is 0 Å². The third kappa shape index (κ3) is 4.98. The monoisotopic (exact) mass is 280 g/mol. The first-order valence-electron chi connectivity index (χ1n) is 7.54. The summed E-state index contributed by atoms with van der Waals surface area (Å²) in [7, 11) is 0. The van der Waals surface area contributed by atoms with Crippen molar-refractivity contribution in [1.29, 1.82) is 5.26 Å². The van der Waals surface area contributed by atoms with Crippen LogP contribution in [0.25, 0.3) is 16.5 Å². The van der Waals surface area contributed by atoms with Crippen molar-refractivity contribution in [3.63, 3.8) is 0 Å². The standard InChI is InChI=1S/C17H20N4/c18-13-16-7-5-15(6-8-16)10-12-17(20-21-19)11-9-14-3-1-2-4-14/h5-8,10,12,14,17H,1-4,9,11H2/b12-10+. The highest BCUT2D eigenvalue weighted by molar-refractivity contribution is 5.51. The lowest BCUT2D eigenvalue weighted by Gasteiger charge is -2.11. The van der Waals surface area contributed by atoms with E-state index in [1.54, 1.807) is 12.1 Å². The lowest BCUT2D eigenvalue weighted by molar-refractivity contribution is 0.469. The third-order valence-electron chi connectivity index (χ3n) is 4.10. The van der Waals surface area contributed by atoms with Crippen LogP contribution in [-0.4, -0.2) is 6.04 Å². The lowest BCUT2D eigenvalue weighted by Crippen LogP contribution is -2.03. The summed E-state index contributed by atoms with van der Waals surface area (Å²) in [6.45, 7) is 0. The first kappa shape index (κ1) is 15.2. The van der Waals surface area contributed by atoms with E-state index in [1.807, 2.05) is 24.3 Å². The summed E-state index contributed by atoms with van der Waals surface area (Å²) in [6.07, 6.45) is 11.3. The van der Waals surface area contributed by atoms with Crippen molar-refractivity contribution in [3.05, 3.63) is 51.9 Å². The van der Waals surface area contributed by atoms with Crippen molar-refractivity contribution >= 4 is 6.08 Å². The Hall–Kier alpha value is -2.24. The number of hydrogen-bond donors (Lipinski definition) is 0. The summed E-state index contributed by atoms with van der Waals surface area (Å²) in [5.74, 6) is 0.810. The molecule has 1 fully saturated rings. The van der Waals surface area contributed by atoms with Gasteiger partial charge in [-0.2, -0.15) is 5.26 Å². The van der Waals surface area contributed by atoms with E-state index < -0.39 is 0 Å². The Kier molecular flexibility index (Phi) is 5.87. The van der Waals surface area contributed by atoms with E-state index in [1.165, 1.54) is 25.7 Å². The molecule has 0 aromatic heterocycles. The van der Waals surface area contributed by atoms with Crippen LogP contribution in [0.1, 0.15) is 49.7 Å². The summed E-state index contributed by atoms with van der Waals surface area (Å²) in [5, 5.41) is 12.6. The number of rotatable bonds is 6. The number of nitrogens with zero attached hydrogens (tertiary/aromatic N) is 4. The minimum Gasteiger partial charge on any atom is -0.192 e. The molecule has 0 amide bonds. The lowest BCUT2D eigenvalue weighted by atomic mass is 9.98. The van der Waals surface area contributed by atoms with Gasteiger partial charge in [0.05, 0.1) is 17.7 Å². The molecule has 1 aromatic rings. The molecule has 108 valence electrons. The molecule has 1 aliphatic rings. The SMILES string of the molecule is N#Cc1ccc(/C=C/C(CCC2CCCC2)N=[N+]=[N-])cc1. The van der Waals surface area contributed by atoms with Crippen LogP contribution in [0.4, 0.5) is 0 Å². The molecule has 4 heteroatoms. The molecular formula is C17H20N4. The predicted octanol–water partition coefficient (Wildman–Crippen LogP) is 5.22. The van der Waals surface area contributed by atoms with Gasteiger partial charge in [0.15, 0.2) is 0 Å². The predicted molar refractivity (Wildman–Crippen MR) is 84.3 cm³/mol. The Morgan fingerprint density at radius 2 is 2.05 bits per heavy atom. The Morgan fingerprint density at radius 3 is 2.67 bits per heavy atom. The van der Waals surface area contributed by atoms with E-state index in [2.05, 4.69) is 16.1 Å². The second-order valence-corrected chi connectivity index (χ2v) is 5.59. The Labute approximate surface area is 125 Å². The zero-order valence-electron chi connectivity index (χ0n) is 12.2. The van der Waals surface area contributed by atoms with E-state index >= 15 is 0 Å². The van der Waals surface area contributed by atoms with Gasteiger partial charge in [0.25, 0.3) is 0 Å². The van der Waals surface area contributed by atoms with E-state index in [0.29, 0.717) is 5.56 Å². The van der Waals surface area contributed by atoms with E-state index in [4.69, 9.17) is 10.8 Å². The average Bonchev–Trinajstić information content (AvgIpc) is 3.04. The molecule has 0 spiro atoms. The largest absolute Gasteiger partial charge is 0.192 e. The Morgan fingerprint density at radius 1 is 1.33 bits per heavy atom. The van der Waals surface area contributed by atoms with Gasteiger partial charge in [-0.15, -0.1) is 0 Å². The van der Waals surface area contributed by atoms with Crippen LogP contribution in [0, 0.1) is 17.2 Å². The number of benzene rings is 1. The molecule has 1 aliphatic carbocycles. The van der Waals surface area contributed by atoms with E-state index in [0.717, 1.165) is 24.3 Å². The molecule has 2 rings (SSSR count). The van der Waals surface area contributed by atoms with E-state index in [9.17, 15) is 0 Å². The quantitative estimate of drug-likeness (QED) is 0.400. The highest BCUT2D eigenvalue weighted by atomic mass is 15.1. The number of nitriles is 1. The summed E-state index contributed by atoms with van der Waals surface area (Å²) >= 11 is 0. The first-order valence-corrected chi connectivity index (χ1v) is 7.54. The van der Waals surface area contributed by atoms with Crippen molar-refractivity contribution in [3.8, 4) is 6.07 Å². The van der Waals surface area contributed by atoms with Crippen molar-refractivity contribution < 1.29 is 0 Å². The Bertz CT molecular complexity index is 555. The molecule has 0 heterocycles. The maximum Gasteiger partial charge on any atom is 0.0991 e. The average molecular weight is 280 g/mol. The fourth-order valence-electron chi connectivity index (χ4n) is 2.86. The maximum atomic E-state index is 8.77. The summed E-state index contributed by atoms with van der Waals surface area (Å²) < 4.78 is 0. The third-order valence-corrected chi connectivity index (χ3v) is 4.10. The van der Waals surface area contributed by atoms with Gasteiger partial charge in [0.2, 0.25) is 0 Å². The minimum atomic E-state index is -0.0776. The van der Waals surface area contributed by atoms with E-state index in [-0.39, 0.29) is 6.04 Å². The zero-order valence-corrected chi connectivity index (χ0v) is 12.2. The summed E-state index contributed by atoms with van der Waals surface area (Å²) in [4.78, 5) is 2.95. The van der Waals surface area contributed by atoms with Crippen molar-refractivity contribution in [2.45, 2.75) is 44.6 Å². The van der Waals surface area contributed by atoms with Crippen LogP contribution in [-0.2, 0) is 0 Å². The van der Waals surface area contributed by atoms with Gasteiger partial charge in [0, 0.05) is 4.91 Å². The summed E-state index contributed by atoms with van der Waals surface area (Å²) in [5.41, 5.74) is 10.4.